The number of anilines is 1. The standard InChI is InChI=1S/C12H21N3O2S/c1-5-17-12(16)10-11(13)15(9(4)14-10)8(3)7-18-6-2/h8H,5-7,13H2,1-4H3. The summed E-state index contributed by atoms with van der Waals surface area (Å²) in [7, 11) is 0. The van der Waals surface area contributed by atoms with Crippen LogP contribution >= 0.6 is 11.8 Å². The molecule has 0 saturated carbocycles. The maximum Gasteiger partial charge on any atom is 0.360 e. The van der Waals surface area contributed by atoms with Crippen molar-refractivity contribution in [1.82, 2.24) is 9.55 Å². The zero-order chi connectivity index (χ0) is 13.7. The molecule has 0 saturated heterocycles. The number of hydrogen-bond acceptors (Lipinski definition) is 5. The molecular formula is C12H21N3O2S. The second-order valence-corrected chi connectivity index (χ2v) is 5.31. The summed E-state index contributed by atoms with van der Waals surface area (Å²) in [5, 5.41) is 0. The molecule has 0 radical (unpaired) electrons. The SMILES string of the molecule is CCOC(=O)c1nc(C)n(C(C)CSCC)c1N. The van der Waals surface area contributed by atoms with Gasteiger partial charge in [-0.15, -0.1) is 0 Å². The second-order valence-electron chi connectivity index (χ2n) is 3.99. The Kier molecular flexibility index (Phi) is 5.53. The summed E-state index contributed by atoms with van der Waals surface area (Å²) < 4.78 is 6.84. The molecule has 0 amide bonds. The number of carbonyl (C=O) groups excluding carboxylic acids is 1. The summed E-state index contributed by atoms with van der Waals surface area (Å²) in [5.41, 5.74) is 6.22. The maximum atomic E-state index is 11.7. The Labute approximate surface area is 112 Å². The average Bonchev–Trinajstić information content (AvgIpc) is 2.62. The van der Waals surface area contributed by atoms with Crippen LogP contribution in [-0.2, 0) is 4.74 Å². The summed E-state index contributed by atoms with van der Waals surface area (Å²) in [5.74, 6) is 2.70. The molecule has 1 aromatic heterocycles. The first-order valence-electron chi connectivity index (χ1n) is 6.12. The Balaban J connectivity index is 2.96. The molecule has 0 aliphatic rings. The monoisotopic (exact) mass is 271 g/mol. The lowest BCUT2D eigenvalue weighted by molar-refractivity contribution is 0.0521. The molecule has 1 heterocycles. The van der Waals surface area contributed by atoms with Gasteiger partial charge in [0, 0.05) is 11.8 Å². The molecule has 6 heteroatoms. The van der Waals surface area contributed by atoms with Crippen molar-refractivity contribution in [2.45, 2.75) is 33.7 Å². The molecule has 18 heavy (non-hydrogen) atoms. The summed E-state index contributed by atoms with van der Waals surface area (Å²) in [4.78, 5) is 15.9. The Hall–Kier alpha value is -1.17. The van der Waals surface area contributed by atoms with Gasteiger partial charge in [0.25, 0.3) is 0 Å². The number of imidazole rings is 1. The number of nitrogens with zero attached hydrogens (tertiary/aromatic N) is 2. The number of aryl methyl sites for hydroxylation is 1. The number of esters is 1. The van der Waals surface area contributed by atoms with Crippen LogP contribution in [0.2, 0.25) is 0 Å². The molecule has 1 unspecified atom stereocenters. The van der Waals surface area contributed by atoms with Gasteiger partial charge in [0.2, 0.25) is 0 Å². The maximum absolute atomic E-state index is 11.7. The Morgan fingerprint density at radius 3 is 2.78 bits per heavy atom. The van der Waals surface area contributed by atoms with Crippen molar-refractivity contribution in [2.24, 2.45) is 0 Å². The van der Waals surface area contributed by atoms with Crippen molar-refractivity contribution >= 4 is 23.5 Å². The van der Waals surface area contributed by atoms with Gasteiger partial charge >= 0.3 is 5.97 Å². The molecule has 1 rings (SSSR count). The van der Waals surface area contributed by atoms with Crippen LogP contribution in [0.1, 0.15) is 43.1 Å². The van der Waals surface area contributed by atoms with Crippen LogP contribution in [0.4, 0.5) is 5.82 Å². The lowest BCUT2D eigenvalue weighted by Gasteiger charge is -2.16. The number of nitrogen functional groups attached to an aromatic ring is 1. The highest BCUT2D eigenvalue weighted by Gasteiger charge is 2.22. The fourth-order valence-electron chi connectivity index (χ4n) is 1.83. The summed E-state index contributed by atoms with van der Waals surface area (Å²) in [6.45, 7) is 8.13. The van der Waals surface area contributed by atoms with E-state index in [4.69, 9.17) is 10.5 Å². The minimum absolute atomic E-state index is 0.214. The third kappa shape index (κ3) is 3.19. The van der Waals surface area contributed by atoms with Crippen LogP contribution < -0.4 is 5.73 Å². The van der Waals surface area contributed by atoms with Crippen LogP contribution in [0.5, 0.6) is 0 Å². The molecular weight excluding hydrogens is 250 g/mol. The van der Waals surface area contributed by atoms with Gasteiger partial charge < -0.3 is 15.0 Å². The molecule has 0 aliphatic heterocycles. The van der Waals surface area contributed by atoms with Gasteiger partial charge in [-0.05, 0) is 26.5 Å². The third-order valence-electron chi connectivity index (χ3n) is 2.60. The van der Waals surface area contributed by atoms with Gasteiger partial charge in [-0.25, -0.2) is 9.78 Å². The van der Waals surface area contributed by atoms with Gasteiger partial charge in [-0.3, -0.25) is 0 Å². The number of rotatable bonds is 6. The highest BCUT2D eigenvalue weighted by Crippen LogP contribution is 2.23. The Bertz CT molecular complexity index is 418. The number of aromatic nitrogens is 2. The molecule has 0 aliphatic carbocycles. The fraction of sp³-hybridized carbons (Fsp3) is 0.667. The quantitative estimate of drug-likeness (QED) is 0.804. The predicted octanol–water partition coefficient (Wildman–Crippen LogP) is 2.26. The van der Waals surface area contributed by atoms with Crippen molar-refractivity contribution in [3.63, 3.8) is 0 Å². The lowest BCUT2D eigenvalue weighted by atomic mass is 10.3. The zero-order valence-electron chi connectivity index (χ0n) is 11.4. The fourth-order valence-corrected chi connectivity index (χ4v) is 2.56. The molecule has 0 bridgehead atoms. The zero-order valence-corrected chi connectivity index (χ0v) is 12.2. The van der Waals surface area contributed by atoms with E-state index in [-0.39, 0.29) is 11.7 Å². The van der Waals surface area contributed by atoms with E-state index in [1.807, 2.05) is 23.3 Å². The molecule has 0 aromatic carbocycles. The van der Waals surface area contributed by atoms with Gasteiger partial charge in [0.1, 0.15) is 11.6 Å². The van der Waals surface area contributed by atoms with Gasteiger partial charge in [-0.2, -0.15) is 11.8 Å². The first kappa shape index (κ1) is 14.9. The minimum Gasteiger partial charge on any atom is -0.461 e. The highest BCUT2D eigenvalue weighted by atomic mass is 32.2. The smallest absolute Gasteiger partial charge is 0.360 e. The van der Waals surface area contributed by atoms with E-state index in [2.05, 4.69) is 18.8 Å². The van der Waals surface area contributed by atoms with Crippen molar-refractivity contribution in [3.8, 4) is 0 Å². The minimum atomic E-state index is -0.452. The van der Waals surface area contributed by atoms with E-state index in [1.165, 1.54) is 0 Å². The molecule has 0 fully saturated rings. The van der Waals surface area contributed by atoms with E-state index in [0.717, 1.165) is 17.3 Å². The molecule has 1 aromatic rings. The van der Waals surface area contributed by atoms with Crippen LogP contribution in [0.15, 0.2) is 0 Å². The normalized spacial score (nSPS) is 12.4. The van der Waals surface area contributed by atoms with Gasteiger partial charge in [0.05, 0.1) is 6.61 Å². The number of hydrogen-bond donors (Lipinski definition) is 1. The predicted molar refractivity (Wildman–Crippen MR) is 75.0 cm³/mol. The Morgan fingerprint density at radius 2 is 2.22 bits per heavy atom. The number of ether oxygens (including phenoxy) is 1. The van der Waals surface area contributed by atoms with Crippen molar-refractivity contribution in [3.05, 3.63) is 11.5 Å². The summed E-state index contributed by atoms with van der Waals surface area (Å²) in [6, 6.07) is 0.214. The van der Waals surface area contributed by atoms with Crippen LogP contribution in [-0.4, -0.2) is 33.6 Å². The molecule has 102 valence electrons. The number of carbonyl (C=O) groups is 1. The molecule has 1 atom stereocenters. The van der Waals surface area contributed by atoms with Crippen molar-refractivity contribution in [2.75, 3.05) is 23.8 Å². The Morgan fingerprint density at radius 1 is 1.56 bits per heavy atom. The molecule has 2 N–H and O–H groups in total. The van der Waals surface area contributed by atoms with Crippen molar-refractivity contribution in [1.29, 1.82) is 0 Å². The third-order valence-corrected chi connectivity index (χ3v) is 3.72. The molecule has 0 spiro atoms. The topological polar surface area (TPSA) is 70.1 Å². The average molecular weight is 271 g/mol. The van der Waals surface area contributed by atoms with Gasteiger partial charge in [-0.1, -0.05) is 6.92 Å². The second kappa shape index (κ2) is 6.68. The number of nitrogens with two attached hydrogens (primary N) is 1. The van der Waals surface area contributed by atoms with Crippen LogP contribution in [0, 0.1) is 6.92 Å². The molecule has 5 nitrogen and oxygen atoms in total. The first-order chi connectivity index (χ1) is 8.52. The summed E-state index contributed by atoms with van der Waals surface area (Å²) in [6.07, 6.45) is 0. The largest absolute Gasteiger partial charge is 0.461 e. The number of thioether (sulfide) groups is 1. The van der Waals surface area contributed by atoms with Crippen molar-refractivity contribution < 1.29 is 9.53 Å². The highest BCUT2D eigenvalue weighted by molar-refractivity contribution is 7.99. The van der Waals surface area contributed by atoms with E-state index in [1.54, 1.807) is 6.92 Å². The van der Waals surface area contributed by atoms with E-state index in [9.17, 15) is 4.79 Å². The summed E-state index contributed by atoms with van der Waals surface area (Å²) >= 11 is 1.84. The van der Waals surface area contributed by atoms with E-state index >= 15 is 0 Å². The first-order valence-corrected chi connectivity index (χ1v) is 7.27. The lowest BCUT2D eigenvalue weighted by Crippen LogP contribution is -2.14. The van der Waals surface area contributed by atoms with Crippen LogP contribution in [0.3, 0.4) is 0 Å². The van der Waals surface area contributed by atoms with Crippen LogP contribution in [0.25, 0.3) is 0 Å². The van der Waals surface area contributed by atoms with E-state index < -0.39 is 5.97 Å². The van der Waals surface area contributed by atoms with E-state index in [0.29, 0.717) is 12.4 Å². The van der Waals surface area contributed by atoms with Gasteiger partial charge in [0.15, 0.2) is 5.69 Å².